The Balaban J connectivity index is 0. The van der Waals surface area contributed by atoms with Crippen LogP contribution in [0.4, 0.5) is 0 Å². The molecule has 0 aromatic carbocycles. The summed E-state index contributed by atoms with van der Waals surface area (Å²) in [6.07, 6.45) is 3.00. The Labute approximate surface area is 200 Å². The van der Waals surface area contributed by atoms with Crippen molar-refractivity contribution < 1.29 is 63.9 Å². The van der Waals surface area contributed by atoms with Gasteiger partial charge in [0, 0.05) is 51.8 Å². The fourth-order valence-electron chi connectivity index (χ4n) is 2.14. The standard InChI is InChI=1S/C10H13NO4.C9H11NO4.Na.H2O/c1-14-6-5-11-4-3-8(7-9(11)12)10(13)15-2;1-14-5-4-10-3-2-7(9(12)13)6-8(10)11;;/h3-4,7H,5-6H2,1-2H3;2-3,6H,4-5H2,1H3,(H,12,13);;1H2/q;;+1;/p-1. The maximum atomic E-state index is 11.5. The predicted octanol–water partition coefficient (Wildman–Crippen LogP) is -2.70. The number of aromatic carboxylic acids is 1. The summed E-state index contributed by atoms with van der Waals surface area (Å²) in [6, 6.07) is 5.28. The van der Waals surface area contributed by atoms with Gasteiger partial charge >= 0.3 is 41.5 Å². The first-order chi connectivity index (χ1) is 13.8. The van der Waals surface area contributed by atoms with Gasteiger partial charge in [-0.1, -0.05) is 0 Å². The van der Waals surface area contributed by atoms with E-state index in [0.29, 0.717) is 26.3 Å². The molecule has 2 aromatic rings. The molecule has 0 aliphatic heterocycles. The minimum atomic E-state index is -1.10. The van der Waals surface area contributed by atoms with E-state index >= 15 is 0 Å². The maximum absolute atomic E-state index is 11.5. The Morgan fingerprint density at radius 1 is 0.871 bits per heavy atom. The number of carbonyl (C=O) groups excluding carboxylic acids is 1. The third kappa shape index (κ3) is 10.5. The van der Waals surface area contributed by atoms with Gasteiger partial charge in [0.05, 0.1) is 31.5 Å². The molecule has 0 saturated heterocycles. The molecule has 0 amide bonds. The first-order valence-electron chi connectivity index (χ1n) is 8.54. The van der Waals surface area contributed by atoms with Crippen molar-refractivity contribution in [2.75, 3.05) is 34.5 Å². The van der Waals surface area contributed by atoms with Crippen molar-refractivity contribution in [1.82, 2.24) is 9.13 Å². The van der Waals surface area contributed by atoms with Crippen molar-refractivity contribution >= 4 is 11.9 Å². The zero-order valence-electron chi connectivity index (χ0n) is 17.9. The third-order valence-corrected chi connectivity index (χ3v) is 3.73. The van der Waals surface area contributed by atoms with Gasteiger partial charge in [-0.05, 0) is 12.1 Å². The van der Waals surface area contributed by atoms with E-state index < -0.39 is 11.9 Å². The number of methoxy groups -OCH3 is 3. The number of hydrogen-bond donors (Lipinski definition) is 1. The molecule has 11 nitrogen and oxygen atoms in total. The second-order valence-corrected chi connectivity index (χ2v) is 5.68. The fraction of sp³-hybridized carbons (Fsp3) is 0.368. The molecule has 2 rings (SSSR count). The SMILES string of the molecule is COCCn1ccc(C(=O)O)cc1=O.COCCn1ccc(C(=O)OC)cc1=O.[Na+].[OH-]. The number of aromatic nitrogens is 2. The number of esters is 1. The molecule has 31 heavy (non-hydrogen) atoms. The average Bonchev–Trinajstić information content (AvgIpc) is 2.71. The predicted molar refractivity (Wildman–Crippen MR) is 105 cm³/mol. The van der Waals surface area contributed by atoms with Crippen LogP contribution in [-0.4, -0.2) is 66.2 Å². The zero-order valence-corrected chi connectivity index (χ0v) is 19.9. The Morgan fingerprint density at radius 2 is 1.29 bits per heavy atom. The summed E-state index contributed by atoms with van der Waals surface area (Å²) in [5, 5.41) is 8.60. The van der Waals surface area contributed by atoms with Gasteiger partial charge in [-0.2, -0.15) is 0 Å². The molecule has 0 spiro atoms. The summed E-state index contributed by atoms with van der Waals surface area (Å²) in [5.74, 6) is -1.60. The normalized spacial score (nSPS) is 9.39. The van der Waals surface area contributed by atoms with Crippen LogP contribution in [-0.2, 0) is 27.3 Å². The van der Waals surface area contributed by atoms with Gasteiger partial charge in [0.15, 0.2) is 0 Å². The number of carbonyl (C=O) groups is 2. The zero-order chi connectivity index (χ0) is 21.8. The quantitative estimate of drug-likeness (QED) is 0.335. The van der Waals surface area contributed by atoms with Crippen molar-refractivity contribution in [2.24, 2.45) is 0 Å². The number of ether oxygens (including phenoxy) is 3. The molecule has 0 bridgehead atoms. The van der Waals surface area contributed by atoms with Crippen molar-refractivity contribution in [3.8, 4) is 0 Å². The minimum absolute atomic E-state index is 0. The van der Waals surface area contributed by atoms with Crippen LogP contribution < -0.4 is 40.7 Å². The van der Waals surface area contributed by atoms with Crippen LogP contribution >= 0.6 is 0 Å². The van der Waals surface area contributed by atoms with Crippen LogP contribution in [0.25, 0.3) is 0 Å². The molecule has 2 aromatic heterocycles. The summed E-state index contributed by atoms with van der Waals surface area (Å²) >= 11 is 0. The van der Waals surface area contributed by atoms with Gasteiger partial charge in [0.25, 0.3) is 11.1 Å². The largest absolute Gasteiger partial charge is 1.00 e. The topological polar surface area (TPSA) is 156 Å². The monoisotopic (exact) mass is 448 g/mol. The van der Waals surface area contributed by atoms with Gasteiger partial charge in [-0.3, -0.25) is 9.59 Å². The number of nitrogens with zero attached hydrogens (tertiary/aromatic N) is 2. The number of rotatable bonds is 8. The van der Waals surface area contributed by atoms with Gasteiger partial charge in [0.1, 0.15) is 0 Å². The van der Waals surface area contributed by atoms with E-state index in [0.717, 1.165) is 6.07 Å². The Morgan fingerprint density at radius 3 is 1.65 bits per heavy atom. The van der Waals surface area contributed by atoms with E-state index in [4.69, 9.17) is 14.6 Å². The van der Waals surface area contributed by atoms with Gasteiger partial charge in [-0.25, -0.2) is 9.59 Å². The van der Waals surface area contributed by atoms with Gasteiger partial charge in [0.2, 0.25) is 0 Å². The van der Waals surface area contributed by atoms with Crippen LogP contribution in [0.1, 0.15) is 20.7 Å². The number of pyridine rings is 2. The van der Waals surface area contributed by atoms with E-state index in [2.05, 4.69) is 4.74 Å². The Bertz CT molecular complexity index is 940. The summed E-state index contributed by atoms with van der Waals surface area (Å²) in [4.78, 5) is 44.4. The van der Waals surface area contributed by atoms with Crippen LogP contribution in [0.5, 0.6) is 0 Å². The molecule has 2 N–H and O–H groups in total. The van der Waals surface area contributed by atoms with Crippen molar-refractivity contribution in [2.45, 2.75) is 13.1 Å². The Hall–Kier alpha value is -2.28. The third-order valence-electron chi connectivity index (χ3n) is 3.73. The van der Waals surface area contributed by atoms with Crippen LogP contribution in [0.2, 0.25) is 0 Å². The van der Waals surface area contributed by atoms with Crippen LogP contribution in [0, 0.1) is 0 Å². The van der Waals surface area contributed by atoms with Gasteiger partial charge < -0.3 is 33.9 Å². The minimum Gasteiger partial charge on any atom is -0.870 e. The summed E-state index contributed by atoms with van der Waals surface area (Å²) in [6.45, 7) is 1.77. The molecule has 2 heterocycles. The summed E-state index contributed by atoms with van der Waals surface area (Å²) in [5.41, 5.74) is -0.309. The molecule has 0 atom stereocenters. The molecule has 0 fully saturated rings. The van der Waals surface area contributed by atoms with Gasteiger partial charge in [-0.15, -0.1) is 0 Å². The van der Waals surface area contributed by atoms with E-state index in [-0.39, 0.29) is 57.3 Å². The first-order valence-corrected chi connectivity index (χ1v) is 8.54. The second kappa shape index (κ2) is 16.4. The number of hydrogen-bond acceptors (Lipinski definition) is 8. The van der Waals surface area contributed by atoms with Crippen LogP contribution in [0.3, 0.4) is 0 Å². The van der Waals surface area contributed by atoms with Crippen molar-refractivity contribution in [3.63, 3.8) is 0 Å². The smallest absolute Gasteiger partial charge is 0.870 e. The first kappa shape index (κ1) is 30.9. The average molecular weight is 448 g/mol. The van der Waals surface area contributed by atoms with Crippen LogP contribution in [0.15, 0.2) is 46.2 Å². The molecule has 0 saturated carbocycles. The van der Waals surface area contributed by atoms with E-state index in [1.165, 1.54) is 41.7 Å². The number of carboxylic acid groups (broad SMARTS) is 1. The second-order valence-electron chi connectivity index (χ2n) is 5.68. The van der Waals surface area contributed by atoms with Crippen molar-refractivity contribution in [3.05, 3.63) is 68.5 Å². The molecule has 0 radical (unpaired) electrons. The number of carboxylic acids is 1. The maximum Gasteiger partial charge on any atom is 1.00 e. The molecular weight excluding hydrogens is 423 g/mol. The molecule has 0 aliphatic rings. The van der Waals surface area contributed by atoms with E-state index in [1.54, 1.807) is 19.4 Å². The molecule has 166 valence electrons. The summed E-state index contributed by atoms with van der Waals surface area (Å²) in [7, 11) is 4.38. The Kier molecular flexibility index (Phi) is 16.4. The fourth-order valence-corrected chi connectivity index (χ4v) is 2.14. The van der Waals surface area contributed by atoms with E-state index in [9.17, 15) is 19.2 Å². The molecule has 0 aliphatic carbocycles. The van der Waals surface area contributed by atoms with E-state index in [1.807, 2.05) is 0 Å². The van der Waals surface area contributed by atoms with Crippen molar-refractivity contribution in [1.29, 1.82) is 0 Å². The molecule has 12 heteroatoms. The molecule has 0 unspecified atom stereocenters. The molecular formula is C19H25N2NaO9. The summed E-state index contributed by atoms with van der Waals surface area (Å²) < 4.78 is 17.0.